The maximum absolute atomic E-state index is 14.5. The van der Waals surface area contributed by atoms with Crippen molar-refractivity contribution in [1.82, 2.24) is 15.3 Å². The van der Waals surface area contributed by atoms with Crippen LogP contribution in [0.3, 0.4) is 0 Å². The van der Waals surface area contributed by atoms with Crippen LogP contribution in [-0.2, 0) is 6.61 Å². The summed E-state index contributed by atoms with van der Waals surface area (Å²) >= 11 is 0. The number of aromatic nitrogens is 2. The van der Waals surface area contributed by atoms with Gasteiger partial charge in [-0.2, -0.15) is 0 Å². The first kappa shape index (κ1) is 26.1. The van der Waals surface area contributed by atoms with Crippen LogP contribution in [0.2, 0.25) is 0 Å². The molecule has 0 bridgehead atoms. The number of hydrogen-bond acceptors (Lipinski definition) is 5. The molecule has 0 aliphatic heterocycles. The number of rotatable bonds is 6. The lowest BCUT2D eigenvalue weighted by atomic mass is 9.76. The molecule has 1 aromatic carbocycles. The number of nitrogens with one attached hydrogen (secondary N) is 2. The zero-order valence-corrected chi connectivity index (χ0v) is 19.8. The van der Waals surface area contributed by atoms with E-state index >= 15 is 0 Å². The van der Waals surface area contributed by atoms with Crippen molar-refractivity contribution >= 4 is 17.7 Å². The van der Waals surface area contributed by atoms with E-state index in [-0.39, 0.29) is 29.1 Å². The third-order valence-corrected chi connectivity index (χ3v) is 6.41. The largest absolute Gasteiger partial charge is 0.465 e. The second-order valence-electron chi connectivity index (χ2n) is 9.19. The first-order valence-electron chi connectivity index (χ1n) is 11.7. The second-order valence-corrected chi connectivity index (χ2v) is 9.19. The molecule has 0 spiro atoms. The van der Waals surface area contributed by atoms with Crippen LogP contribution in [0.4, 0.5) is 23.7 Å². The number of hydrogen-bond donors (Lipinski definition) is 4. The van der Waals surface area contributed by atoms with Crippen LogP contribution in [0.5, 0.6) is 0 Å². The molecular formula is C26H25F3N4O4. The number of nitrogens with zero attached hydrogens (tertiary/aromatic N) is 2. The molecule has 1 aliphatic rings. The third-order valence-electron chi connectivity index (χ3n) is 6.41. The Bertz CT molecular complexity index is 1310. The molecule has 1 aliphatic carbocycles. The predicted octanol–water partition coefficient (Wildman–Crippen LogP) is 4.85. The Hall–Kier alpha value is -3.99. The standard InChI is InChI=1S/C26H25F3N4O4/c1-13-6-15(10-16(7-13)31-26(36)37)17-4-5-30-11-22(17)33-25(35)21-3-2-18(27)24(32-21)23-19(28)8-14(12-34)9-20(23)29/h2-5,8-9,11,13,15-16,31,34H,6-7,10,12H2,1H3,(H,33,35)(H,36,37)/t13-,15+,16-/m0/s1. The summed E-state index contributed by atoms with van der Waals surface area (Å²) < 4.78 is 43.6. The maximum atomic E-state index is 14.5. The van der Waals surface area contributed by atoms with Crippen molar-refractivity contribution in [2.75, 3.05) is 5.32 Å². The van der Waals surface area contributed by atoms with Gasteiger partial charge in [0.05, 0.1) is 24.1 Å². The minimum absolute atomic E-state index is 0.0324. The fourth-order valence-corrected chi connectivity index (χ4v) is 4.89. The Morgan fingerprint density at radius 3 is 2.46 bits per heavy atom. The molecule has 0 unspecified atom stereocenters. The molecule has 8 nitrogen and oxygen atoms in total. The minimum atomic E-state index is -1.13. The van der Waals surface area contributed by atoms with Gasteiger partial charge in [-0.25, -0.2) is 22.9 Å². The van der Waals surface area contributed by atoms with Crippen LogP contribution < -0.4 is 10.6 Å². The van der Waals surface area contributed by atoms with Gasteiger partial charge in [0, 0.05) is 12.2 Å². The average molecular weight is 515 g/mol. The molecule has 194 valence electrons. The highest BCUT2D eigenvalue weighted by Gasteiger charge is 2.30. The second kappa shape index (κ2) is 11.0. The summed E-state index contributed by atoms with van der Waals surface area (Å²) in [6.07, 6.45) is 3.92. The SMILES string of the molecule is C[C@@H]1C[C@H](NC(=O)O)C[C@H](c2ccncc2NC(=O)c2ccc(F)c(-c3c(F)cc(CO)cc3F)n2)C1. The van der Waals surface area contributed by atoms with Crippen molar-refractivity contribution < 1.29 is 33.0 Å². The van der Waals surface area contributed by atoms with Crippen LogP contribution in [0.1, 0.15) is 53.7 Å². The normalized spacial score (nSPS) is 19.3. The summed E-state index contributed by atoms with van der Waals surface area (Å²) in [5, 5.41) is 23.5. The highest BCUT2D eigenvalue weighted by atomic mass is 19.1. The molecule has 11 heteroatoms. The molecule has 0 saturated heterocycles. The summed E-state index contributed by atoms with van der Waals surface area (Å²) in [6.45, 7) is 1.42. The predicted molar refractivity (Wildman–Crippen MR) is 128 cm³/mol. The number of aliphatic hydroxyl groups excluding tert-OH is 1. The molecule has 2 heterocycles. The lowest BCUT2D eigenvalue weighted by Gasteiger charge is -2.34. The average Bonchev–Trinajstić information content (AvgIpc) is 2.84. The quantitative estimate of drug-likeness (QED) is 0.373. The molecule has 4 N–H and O–H groups in total. The molecule has 3 atom stereocenters. The van der Waals surface area contributed by atoms with Gasteiger partial charge >= 0.3 is 6.09 Å². The van der Waals surface area contributed by atoms with Gasteiger partial charge in [-0.15, -0.1) is 0 Å². The van der Waals surface area contributed by atoms with Crippen molar-refractivity contribution in [2.24, 2.45) is 5.92 Å². The first-order chi connectivity index (χ1) is 17.7. The summed E-state index contributed by atoms with van der Waals surface area (Å²) in [6, 6.07) is 5.22. The van der Waals surface area contributed by atoms with Gasteiger partial charge in [0.15, 0.2) is 0 Å². The van der Waals surface area contributed by atoms with Gasteiger partial charge in [-0.1, -0.05) is 6.92 Å². The number of carboxylic acid groups (broad SMARTS) is 1. The fraction of sp³-hybridized carbons (Fsp3) is 0.308. The van der Waals surface area contributed by atoms with Crippen molar-refractivity contribution in [3.05, 3.63) is 77.0 Å². The van der Waals surface area contributed by atoms with Gasteiger partial charge in [0.25, 0.3) is 5.91 Å². The van der Waals surface area contributed by atoms with Crippen LogP contribution in [0.25, 0.3) is 11.3 Å². The molecule has 1 fully saturated rings. The Morgan fingerprint density at radius 1 is 1.05 bits per heavy atom. The Morgan fingerprint density at radius 2 is 1.78 bits per heavy atom. The van der Waals surface area contributed by atoms with E-state index in [9.17, 15) is 22.8 Å². The Balaban J connectivity index is 1.62. The Labute approximate surface area is 210 Å². The topological polar surface area (TPSA) is 124 Å². The minimum Gasteiger partial charge on any atom is -0.465 e. The van der Waals surface area contributed by atoms with Crippen LogP contribution in [-0.4, -0.2) is 38.2 Å². The van der Waals surface area contributed by atoms with Crippen molar-refractivity contribution in [2.45, 2.75) is 44.8 Å². The molecule has 4 rings (SSSR count). The first-order valence-corrected chi connectivity index (χ1v) is 11.7. The van der Waals surface area contributed by atoms with Crippen LogP contribution in [0.15, 0.2) is 42.7 Å². The van der Waals surface area contributed by atoms with Gasteiger partial charge in [-0.3, -0.25) is 9.78 Å². The van der Waals surface area contributed by atoms with E-state index in [1.807, 2.05) is 6.92 Å². The van der Waals surface area contributed by atoms with E-state index < -0.39 is 47.3 Å². The fourth-order valence-electron chi connectivity index (χ4n) is 4.89. The Kier molecular flexibility index (Phi) is 7.72. The lowest BCUT2D eigenvalue weighted by Crippen LogP contribution is -2.39. The van der Waals surface area contributed by atoms with Gasteiger partial charge in [0.2, 0.25) is 0 Å². The van der Waals surface area contributed by atoms with E-state index in [2.05, 4.69) is 20.6 Å². The third kappa shape index (κ3) is 5.88. The van der Waals surface area contributed by atoms with E-state index in [0.29, 0.717) is 18.5 Å². The van der Waals surface area contributed by atoms with Crippen molar-refractivity contribution in [3.63, 3.8) is 0 Å². The van der Waals surface area contributed by atoms with Crippen LogP contribution >= 0.6 is 0 Å². The summed E-state index contributed by atoms with van der Waals surface area (Å²) in [4.78, 5) is 32.2. The zero-order valence-electron chi connectivity index (χ0n) is 19.8. The molecule has 1 saturated carbocycles. The van der Waals surface area contributed by atoms with E-state index in [1.54, 1.807) is 12.3 Å². The monoisotopic (exact) mass is 514 g/mol. The number of anilines is 1. The van der Waals surface area contributed by atoms with E-state index in [4.69, 9.17) is 10.2 Å². The van der Waals surface area contributed by atoms with Gasteiger partial charge in [0.1, 0.15) is 28.8 Å². The number of benzene rings is 1. The molecule has 2 aromatic heterocycles. The molecule has 3 aromatic rings. The number of carbonyl (C=O) groups is 2. The molecular weight excluding hydrogens is 489 g/mol. The number of aliphatic hydroxyl groups is 1. The molecule has 37 heavy (non-hydrogen) atoms. The summed E-state index contributed by atoms with van der Waals surface area (Å²) in [5.41, 5.74) is -0.611. The summed E-state index contributed by atoms with van der Waals surface area (Å²) in [7, 11) is 0. The lowest BCUT2D eigenvalue weighted by molar-refractivity contribution is 0.102. The van der Waals surface area contributed by atoms with E-state index in [0.717, 1.165) is 36.2 Å². The van der Waals surface area contributed by atoms with Crippen molar-refractivity contribution in [3.8, 4) is 11.3 Å². The molecule has 0 radical (unpaired) electrons. The maximum Gasteiger partial charge on any atom is 0.404 e. The smallest absolute Gasteiger partial charge is 0.404 e. The zero-order chi connectivity index (χ0) is 26.7. The summed E-state index contributed by atoms with van der Waals surface area (Å²) in [5.74, 6) is -3.86. The van der Waals surface area contributed by atoms with Crippen molar-refractivity contribution in [1.29, 1.82) is 0 Å². The highest BCUT2D eigenvalue weighted by Crippen LogP contribution is 2.39. The van der Waals surface area contributed by atoms with Gasteiger partial charge < -0.3 is 20.8 Å². The molecule has 2 amide bonds. The number of amides is 2. The van der Waals surface area contributed by atoms with E-state index in [1.165, 1.54) is 6.20 Å². The number of halogens is 3. The number of carbonyl (C=O) groups excluding carboxylic acids is 1. The highest BCUT2D eigenvalue weighted by molar-refractivity contribution is 6.03. The van der Waals surface area contributed by atoms with Crippen LogP contribution in [0, 0.1) is 23.4 Å². The number of pyridine rings is 2. The van der Waals surface area contributed by atoms with Gasteiger partial charge in [-0.05, 0) is 72.6 Å².